The Hall–Kier alpha value is -2.98. The lowest BCUT2D eigenvalue weighted by atomic mass is 9.86. The van der Waals surface area contributed by atoms with Crippen molar-refractivity contribution in [3.05, 3.63) is 58.1 Å². The molecule has 2 aromatic carbocycles. The average Bonchev–Trinajstić information content (AvgIpc) is 2.72. The van der Waals surface area contributed by atoms with Crippen molar-refractivity contribution >= 4 is 27.3 Å². The van der Waals surface area contributed by atoms with Gasteiger partial charge < -0.3 is 10.1 Å². The summed E-state index contributed by atoms with van der Waals surface area (Å²) in [4.78, 5) is 23.0. The number of para-hydroxylation sites is 1. The van der Waals surface area contributed by atoms with E-state index in [1.165, 1.54) is 16.4 Å². The maximum absolute atomic E-state index is 12.7. The number of sulfonamides is 1. The maximum atomic E-state index is 12.7. The molecule has 0 bridgehead atoms. The number of benzene rings is 2. The predicted octanol–water partition coefficient (Wildman–Crippen LogP) is 3.94. The fourth-order valence-electron chi connectivity index (χ4n) is 3.21. The summed E-state index contributed by atoms with van der Waals surface area (Å²) in [6.07, 6.45) is 0. The number of rotatable bonds is 9. The molecule has 0 saturated heterocycles. The van der Waals surface area contributed by atoms with Crippen LogP contribution >= 0.6 is 0 Å². The zero-order valence-corrected chi connectivity index (χ0v) is 19.7. The third kappa shape index (κ3) is 5.83. The molecule has 0 aliphatic rings. The van der Waals surface area contributed by atoms with Gasteiger partial charge >= 0.3 is 5.69 Å². The lowest BCUT2D eigenvalue weighted by Crippen LogP contribution is -2.30. The first kappa shape index (κ1) is 25.3. The van der Waals surface area contributed by atoms with Gasteiger partial charge in [0.15, 0.2) is 12.4 Å². The van der Waals surface area contributed by atoms with Crippen molar-refractivity contribution in [1.82, 2.24) is 4.31 Å². The van der Waals surface area contributed by atoms with Crippen LogP contribution in [0.2, 0.25) is 0 Å². The third-order valence-electron chi connectivity index (χ3n) is 4.84. The molecule has 0 fully saturated rings. The first-order valence-corrected chi connectivity index (χ1v) is 11.7. The highest BCUT2D eigenvalue weighted by atomic mass is 32.2. The monoisotopic (exact) mass is 463 g/mol. The Morgan fingerprint density at radius 3 is 2.31 bits per heavy atom. The van der Waals surface area contributed by atoms with Gasteiger partial charge in [0, 0.05) is 24.8 Å². The van der Waals surface area contributed by atoms with Crippen molar-refractivity contribution < 1.29 is 22.9 Å². The van der Waals surface area contributed by atoms with E-state index in [0.717, 1.165) is 11.6 Å². The van der Waals surface area contributed by atoms with Gasteiger partial charge in [0.05, 0.1) is 9.82 Å². The molecule has 0 aliphatic carbocycles. The second-order valence-electron chi connectivity index (χ2n) is 8.11. The zero-order chi connectivity index (χ0) is 24.1. The molecule has 0 atom stereocenters. The van der Waals surface area contributed by atoms with Gasteiger partial charge in [0.1, 0.15) is 0 Å². The third-order valence-corrected chi connectivity index (χ3v) is 6.88. The number of carbonyl (C=O) groups is 1. The zero-order valence-electron chi connectivity index (χ0n) is 18.9. The molecule has 0 aliphatic heterocycles. The fraction of sp³-hybridized carbons (Fsp3) is 0.409. The van der Waals surface area contributed by atoms with Crippen molar-refractivity contribution in [2.45, 2.75) is 44.9 Å². The average molecular weight is 464 g/mol. The first-order chi connectivity index (χ1) is 14.9. The number of ether oxygens (including phenoxy) is 1. The van der Waals surface area contributed by atoms with Crippen LogP contribution in [-0.4, -0.2) is 43.2 Å². The predicted molar refractivity (Wildman–Crippen MR) is 122 cm³/mol. The van der Waals surface area contributed by atoms with E-state index in [1.807, 2.05) is 32.9 Å². The van der Waals surface area contributed by atoms with Gasteiger partial charge in [-0.1, -0.05) is 52.8 Å². The molecule has 1 amide bonds. The molecule has 0 heterocycles. The van der Waals surface area contributed by atoms with E-state index in [1.54, 1.807) is 26.0 Å². The number of nitrogens with one attached hydrogen (secondary N) is 1. The number of amides is 1. The second-order valence-corrected chi connectivity index (χ2v) is 10.0. The highest BCUT2D eigenvalue weighted by molar-refractivity contribution is 7.89. The molecule has 1 N–H and O–H groups in total. The van der Waals surface area contributed by atoms with Crippen LogP contribution < -0.4 is 10.1 Å². The molecule has 9 nitrogen and oxygen atoms in total. The van der Waals surface area contributed by atoms with Gasteiger partial charge in [-0.2, -0.15) is 4.31 Å². The highest BCUT2D eigenvalue weighted by Gasteiger charge is 2.26. The topological polar surface area (TPSA) is 119 Å². The van der Waals surface area contributed by atoms with Gasteiger partial charge in [0.25, 0.3) is 5.91 Å². The molecule has 2 rings (SSSR count). The summed E-state index contributed by atoms with van der Waals surface area (Å²) in [6, 6.07) is 10.8. The molecule has 10 heteroatoms. The van der Waals surface area contributed by atoms with Crippen molar-refractivity contribution in [2.24, 2.45) is 0 Å². The van der Waals surface area contributed by atoms with Crippen molar-refractivity contribution in [3.63, 3.8) is 0 Å². The number of anilines is 1. The van der Waals surface area contributed by atoms with Crippen LogP contribution in [0.1, 0.15) is 40.2 Å². The smallest absolute Gasteiger partial charge is 0.312 e. The normalized spacial score (nSPS) is 11.9. The lowest BCUT2D eigenvalue weighted by Gasteiger charge is -2.23. The summed E-state index contributed by atoms with van der Waals surface area (Å²) in [5.41, 5.74) is 0.838. The molecule has 0 unspecified atom stereocenters. The highest BCUT2D eigenvalue weighted by Crippen LogP contribution is 2.32. The number of nitrogens with zero attached hydrogens (tertiary/aromatic N) is 2. The van der Waals surface area contributed by atoms with E-state index < -0.39 is 33.1 Å². The van der Waals surface area contributed by atoms with Crippen molar-refractivity contribution in [1.29, 1.82) is 0 Å². The fourth-order valence-corrected chi connectivity index (χ4v) is 4.69. The van der Waals surface area contributed by atoms with Crippen molar-refractivity contribution in [3.8, 4) is 5.75 Å². The van der Waals surface area contributed by atoms with Crippen LogP contribution in [0.3, 0.4) is 0 Å². The van der Waals surface area contributed by atoms with E-state index in [4.69, 9.17) is 4.74 Å². The van der Waals surface area contributed by atoms with Gasteiger partial charge in [0.2, 0.25) is 10.0 Å². The van der Waals surface area contributed by atoms with Crippen LogP contribution in [-0.2, 0) is 20.2 Å². The minimum Gasteiger partial charge on any atom is -0.477 e. The quantitative estimate of drug-likeness (QED) is 0.444. The van der Waals surface area contributed by atoms with Gasteiger partial charge in [-0.3, -0.25) is 14.9 Å². The summed E-state index contributed by atoms with van der Waals surface area (Å²) in [5.74, 6) is -0.677. The molecule has 2 aromatic rings. The Kier molecular flexibility index (Phi) is 7.97. The summed E-state index contributed by atoms with van der Waals surface area (Å²) in [6.45, 7) is 9.43. The van der Waals surface area contributed by atoms with Gasteiger partial charge in [-0.15, -0.1) is 0 Å². The van der Waals surface area contributed by atoms with Crippen LogP contribution in [0.4, 0.5) is 11.4 Å². The maximum Gasteiger partial charge on any atom is 0.312 e. The van der Waals surface area contributed by atoms with Crippen LogP contribution in [0, 0.1) is 10.1 Å². The van der Waals surface area contributed by atoms with Gasteiger partial charge in [-0.25, -0.2) is 8.42 Å². The Bertz CT molecular complexity index is 1090. The first-order valence-electron chi connectivity index (χ1n) is 10.2. The largest absolute Gasteiger partial charge is 0.477 e. The summed E-state index contributed by atoms with van der Waals surface area (Å²) in [5, 5.41) is 14.3. The van der Waals surface area contributed by atoms with Gasteiger partial charge in [-0.05, 0) is 29.2 Å². The van der Waals surface area contributed by atoms with E-state index in [-0.39, 0.29) is 29.1 Å². The number of hydrogen-bond acceptors (Lipinski definition) is 6. The molecule has 32 heavy (non-hydrogen) atoms. The Morgan fingerprint density at radius 1 is 1.12 bits per heavy atom. The molecule has 0 aromatic heterocycles. The molecular weight excluding hydrogens is 434 g/mol. The lowest BCUT2D eigenvalue weighted by molar-refractivity contribution is -0.386. The number of nitro benzene ring substituents is 1. The standard InChI is InChI=1S/C22H29N3O6S/c1-6-24(7-2)32(29,30)16-12-13-20(19(14-16)25(27)28)31-15-21(26)23-18-11-9-8-10-17(18)22(3,4)5/h8-14H,6-7,15H2,1-5H3,(H,23,26). The van der Waals surface area contributed by atoms with Crippen LogP contribution in [0.5, 0.6) is 5.75 Å². The summed E-state index contributed by atoms with van der Waals surface area (Å²) in [7, 11) is -3.87. The number of carbonyl (C=O) groups excluding carboxylic acids is 1. The SMILES string of the molecule is CCN(CC)S(=O)(=O)c1ccc(OCC(=O)Nc2ccccc2C(C)(C)C)c([N+](=O)[O-])c1. The van der Waals surface area contributed by atoms with E-state index in [9.17, 15) is 23.3 Å². The van der Waals surface area contributed by atoms with E-state index >= 15 is 0 Å². The van der Waals surface area contributed by atoms with E-state index in [0.29, 0.717) is 5.69 Å². The van der Waals surface area contributed by atoms with Crippen LogP contribution in [0.25, 0.3) is 0 Å². The molecule has 0 radical (unpaired) electrons. The Labute approximate surface area is 188 Å². The molecule has 0 saturated carbocycles. The summed E-state index contributed by atoms with van der Waals surface area (Å²) < 4.78 is 31.9. The van der Waals surface area contributed by atoms with Crippen LogP contribution in [0.15, 0.2) is 47.4 Å². The minimum atomic E-state index is -3.87. The molecular formula is C22H29N3O6S. The van der Waals surface area contributed by atoms with E-state index in [2.05, 4.69) is 5.32 Å². The number of nitro groups is 1. The molecule has 174 valence electrons. The second kappa shape index (κ2) is 10.1. The Morgan fingerprint density at radius 2 is 1.75 bits per heavy atom. The number of hydrogen-bond donors (Lipinski definition) is 1. The minimum absolute atomic E-state index is 0.187. The molecule has 0 spiro atoms. The Balaban J connectivity index is 2.22. The van der Waals surface area contributed by atoms with Crippen molar-refractivity contribution in [2.75, 3.05) is 25.0 Å². The summed E-state index contributed by atoms with van der Waals surface area (Å²) >= 11 is 0.